The Bertz CT molecular complexity index is 526. The highest BCUT2D eigenvalue weighted by molar-refractivity contribution is 7.89. The molecule has 7 heteroatoms. The van der Waals surface area contributed by atoms with Crippen LogP contribution >= 0.6 is 0 Å². The summed E-state index contributed by atoms with van der Waals surface area (Å²) >= 11 is 0. The van der Waals surface area contributed by atoms with E-state index in [4.69, 9.17) is 10.9 Å². The maximum atomic E-state index is 11.3. The van der Waals surface area contributed by atoms with Gasteiger partial charge in [0.05, 0.1) is 5.56 Å². The van der Waals surface area contributed by atoms with Crippen LogP contribution in [0, 0.1) is 0 Å². The highest BCUT2D eigenvalue weighted by Crippen LogP contribution is 2.17. The van der Waals surface area contributed by atoms with E-state index in [2.05, 4.69) is 4.98 Å². The molecule has 0 aliphatic heterocycles. The summed E-state index contributed by atoms with van der Waals surface area (Å²) < 4.78 is 22.6. The summed E-state index contributed by atoms with van der Waals surface area (Å²) in [5, 5.41) is 4.55. The van der Waals surface area contributed by atoms with Crippen molar-refractivity contribution in [3.05, 3.63) is 23.4 Å². The first-order chi connectivity index (χ1) is 7.88. The molecule has 0 fully saturated rings. The Kier molecular flexibility index (Phi) is 4.19. The first kappa shape index (κ1) is 13.6. The van der Waals surface area contributed by atoms with Gasteiger partial charge in [-0.3, -0.25) is 4.79 Å². The van der Waals surface area contributed by atoms with Gasteiger partial charge in [-0.15, -0.1) is 0 Å². The second-order valence-corrected chi connectivity index (χ2v) is 5.14. The van der Waals surface area contributed by atoms with E-state index in [-0.39, 0.29) is 5.56 Å². The Labute approximate surface area is 100 Å². The van der Waals surface area contributed by atoms with Gasteiger partial charge in [0.25, 0.3) is 15.9 Å². The predicted molar refractivity (Wildman–Crippen MR) is 62.7 cm³/mol. The Hall–Kier alpha value is -1.47. The smallest absolute Gasteiger partial charge is 0.256 e. The molecule has 1 rings (SSSR count). The third-order valence-corrected chi connectivity index (χ3v) is 3.17. The number of primary amides is 1. The number of carbonyl (C=O) groups is 1. The molecule has 6 nitrogen and oxygen atoms in total. The zero-order valence-electron chi connectivity index (χ0n) is 9.51. The summed E-state index contributed by atoms with van der Waals surface area (Å²) in [6.07, 6.45) is 3.64. The average Bonchev–Trinajstić information content (AvgIpc) is 2.24. The van der Waals surface area contributed by atoms with Gasteiger partial charge in [0.2, 0.25) is 0 Å². The molecule has 0 aliphatic rings. The Morgan fingerprint density at radius 2 is 2.12 bits per heavy atom. The molecule has 4 N–H and O–H groups in total. The number of aryl methyl sites for hydroxylation is 1. The molecule has 1 heterocycles. The fourth-order valence-electron chi connectivity index (χ4n) is 1.54. The van der Waals surface area contributed by atoms with Gasteiger partial charge in [-0.25, -0.2) is 18.5 Å². The molecule has 1 aromatic rings. The molecular weight excluding hydrogens is 242 g/mol. The lowest BCUT2D eigenvalue weighted by Crippen LogP contribution is -2.23. The van der Waals surface area contributed by atoms with E-state index in [1.165, 1.54) is 6.20 Å². The van der Waals surface area contributed by atoms with E-state index in [0.717, 1.165) is 12.8 Å². The number of pyridine rings is 1. The van der Waals surface area contributed by atoms with Crippen molar-refractivity contribution in [3.63, 3.8) is 0 Å². The minimum absolute atomic E-state index is 0.0940. The van der Waals surface area contributed by atoms with Gasteiger partial charge < -0.3 is 5.73 Å². The lowest BCUT2D eigenvalue weighted by molar-refractivity contribution is 0.0995. The number of primary sulfonamides is 1. The summed E-state index contributed by atoms with van der Waals surface area (Å²) in [5.41, 5.74) is 5.66. The van der Waals surface area contributed by atoms with Crippen molar-refractivity contribution >= 4 is 15.9 Å². The van der Waals surface area contributed by atoms with Crippen molar-refractivity contribution in [2.24, 2.45) is 10.9 Å². The highest BCUT2D eigenvalue weighted by Gasteiger charge is 2.22. The van der Waals surface area contributed by atoms with Gasteiger partial charge in [0.15, 0.2) is 5.03 Å². The maximum absolute atomic E-state index is 11.3. The molecule has 0 saturated carbocycles. The first-order valence-corrected chi connectivity index (χ1v) is 6.73. The SMILES string of the molecule is CCCCc1ccnc(S(N)(=O)=O)c1C(N)=O. The minimum Gasteiger partial charge on any atom is -0.366 e. The second-order valence-electron chi connectivity index (χ2n) is 3.66. The van der Waals surface area contributed by atoms with Gasteiger partial charge in [0.1, 0.15) is 0 Å². The van der Waals surface area contributed by atoms with Crippen molar-refractivity contribution in [1.29, 1.82) is 0 Å². The number of rotatable bonds is 5. The van der Waals surface area contributed by atoms with E-state index in [0.29, 0.717) is 12.0 Å². The zero-order valence-corrected chi connectivity index (χ0v) is 10.3. The van der Waals surface area contributed by atoms with Crippen LogP contribution in [0.1, 0.15) is 35.7 Å². The molecule has 1 aromatic heterocycles. The van der Waals surface area contributed by atoms with Gasteiger partial charge in [-0.1, -0.05) is 13.3 Å². The van der Waals surface area contributed by atoms with E-state index >= 15 is 0 Å². The summed E-state index contributed by atoms with van der Waals surface area (Å²) in [6.45, 7) is 1.99. The van der Waals surface area contributed by atoms with Crippen LogP contribution in [0.3, 0.4) is 0 Å². The van der Waals surface area contributed by atoms with Gasteiger partial charge in [0, 0.05) is 6.20 Å². The number of aromatic nitrogens is 1. The Balaban J connectivity index is 3.38. The Morgan fingerprint density at radius 3 is 2.59 bits per heavy atom. The van der Waals surface area contributed by atoms with Crippen LogP contribution in [0.5, 0.6) is 0 Å². The van der Waals surface area contributed by atoms with Crippen LogP contribution < -0.4 is 10.9 Å². The lowest BCUT2D eigenvalue weighted by Gasteiger charge is -2.09. The summed E-state index contributed by atoms with van der Waals surface area (Å²) in [4.78, 5) is 14.9. The number of unbranched alkanes of at least 4 members (excludes halogenated alkanes) is 1. The van der Waals surface area contributed by atoms with Crippen molar-refractivity contribution in [1.82, 2.24) is 4.98 Å². The van der Waals surface area contributed by atoms with E-state index in [1.807, 2.05) is 6.92 Å². The molecular formula is C10H15N3O3S. The van der Waals surface area contributed by atoms with Crippen LogP contribution in [0.4, 0.5) is 0 Å². The third kappa shape index (κ3) is 3.24. The number of sulfonamides is 1. The van der Waals surface area contributed by atoms with Crippen molar-refractivity contribution < 1.29 is 13.2 Å². The predicted octanol–water partition coefficient (Wildman–Crippen LogP) is 0.171. The van der Waals surface area contributed by atoms with Crippen molar-refractivity contribution in [2.45, 2.75) is 31.2 Å². The first-order valence-electron chi connectivity index (χ1n) is 5.18. The van der Waals surface area contributed by atoms with Crippen LogP contribution in [-0.4, -0.2) is 19.3 Å². The number of nitrogens with two attached hydrogens (primary N) is 2. The van der Waals surface area contributed by atoms with Crippen LogP contribution in [0.2, 0.25) is 0 Å². The van der Waals surface area contributed by atoms with Crippen molar-refractivity contribution in [2.75, 3.05) is 0 Å². The molecule has 1 amide bonds. The second kappa shape index (κ2) is 5.24. The fourth-order valence-corrected chi connectivity index (χ4v) is 2.26. The quantitative estimate of drug-likeness (QED) is 0.782. The molecule has 0 aromatic carbocycles. The van der Waals surface area contributed by atoms with Crippen LogP contribution in [0.15, 0.2) is 17.3 Å². The standard InChI is InChI=1S/C10H15N3O3S/c1-2-3-4-7-5-6-13-10(17(12,15)16)8(7)9(11)14/h5-6H,2-4H2,1H3,(H2,11,14)(H2,12,15,16). The summed E-state index contributed by atoms with van der Waals surface area (Å²) in [5.74, 6) is -0.826. The molecule has 0 saturated heterocycles. The minimum atomic E-state index is -4.04. The van der Waals surface area contributed by atoms with E-state index in [1.54, 1.807) is 6.07 Å². The fraction of sp³-hybridized carbons (Fsp3) is 0.400. The van der Waals surface area contributed by atoms with E-state index < -0.39 is 21.0 Å². The average molecular weight is 257 g/mol. The molecule has 0 spiro atoms. The number of amides is 1. The molecule has 0 atom stereocenters. The lowest BCUT2D eigenvalue weighted by atomic mass is 10.0. The normalized spacial score (nSPS) is 11.4. The molecule has 94 valence electrons. The molecule has 0 aliphatic carbocycles. The highest BCUT2D eigenvalue weighted by atomic mass is 32.2. The molecule has 0 radical (unpaired) electrons. The molecule has 0 unspecified atom stereocenters. The van der Waals surface area contributed by atoms with Crippen molar-refractivity contribution in [3.8, 4) is 0 Å². The summed E-state index contributed by atoms with van der Waals surface area (Å²) in [7, 11) is -4.04. The number of carbonyl (C=O) groups excluding carboxylic acids is 1. The number of nitrogens with zero attached hydrogens (tertiary/aromatic N) is 1. The zero-order chi connectivity index (χ0) is 13.1. The van der Waals surface area contributed by atoms with Crippen LogP contribution in [-0.2, 0) is 16.4 Å². The monoisotopic (exact) mass is 257 g/mol. The van der Waals surface area contributed by atoms with Gasteiger partial charge in [-0.2, -0.15) is 0 Å². The van der Waals surface area contributed by atoms with Gasteiger partial charge in [-0.05, 0) is 24.5 Å². The summed E-state index contributed by atoms with van der Waals surface area (Å²) in [6, 6.07) is 1.59. The molecule has 0 bridgehead atoms. The van der Waals surface area contributed by atoms with E-state index in [9.17, 15) is 13.2 Å². The number of hydrogen-bond acceptors (Lipinski definition) is 4. The van der Waals surface area contributed by atoms with Crippen LogP contribution in [0.25, 0.3) is 0 Å². The van der Waals surface area contributed by atoms with Gasteiger partial charge >= 0.3 is 0 Å². The Morgan fingerprint density at radius 1 is 1.47 bits per heavy atom. The largest absolute Gasteiger partial charge is 0.366 e. The third-order valence-electron chi connectivity index (χ3n) is 2.32. The topological polar surface area (TPSA) is 116 Å². The molecule has 17 heavy (non-hydrogen) atoms. The maximum Gasteiger partial charge on any atom is 0.256 e. The number of hydrogen-bond donors (Lipinski definition) is 2.